The van der Waals surface area contributed by atoms with Gasteiger partial charge in [-0.15, -0.1) is 0 Å². The summed E-state index contributed by atoms with van der Waals surface area (Å²) in [7, 11) is 0. The molecule has 1 rings (SSSR count). The Morgan fingerprint density at radius 1 is 0.769 bits per heavy atom. The summed E-state index contributed by atoms with van der Waals surface area (Å²) >= 11 is 0. The van der Waals surface area contributed by atoms with Gasteiger partial charge in [0, 0.05) is 18.6 Å². The molecule has 0 aromatic heterocycles. The smallest absolute Gasteiger partial charge is 0.254 e. The SMILES string of the molecule is CCCCCCCCCCCCCCCC(=O)C(C)N1C(=O)C=CC1=O. The first-order chi connectivity index (χ1) is 12.6. The van der Waals surface area contributed by atoms with Gasteiger partial charge in [-0.1, -0.05) is 84.0 Å². The molecular formula is C22H37NO3. The quantitative estimate of drug-likeness (QED) is 0.274. The number of hydrogen-bond donors (Lipinski definition) is 0. The van der Waals surface area contributed by atoms with Gasteiger partial charge in [-0.3, -0.25) is 19.3 Å². The van der Waals surface area contributed by atoms with E-state index in [1.54, 1.807) is 6.92 Å². The Balaban J connectivity index is 1.93. The molecule has 0 aromatic rings. The fourth-order valence-corrected chi connectivity index (χ4v) is 3.46. The van der Waals surface area contributed by atoms with Crippen molar-refractivity contribution in [1.82, 2.24) is 4.90 Å². The highest BCUT2D eigenvalue weighted by molar-refractivity contribution is 6.15. The Morgan fingerprint density at radius 2 is 1.15 bits per heavy atom. The van der Waals surface area contributed by atoms with E-state index in [1.165, 1.54) is 82.8 Å². The lowest BCUT2D eigenvalue weighted by molar-refractivity contribution is -0.144. The van der Waals surface area contributed by atoms with E-state index in [2.05, 4.69) is 6.92 Å². The van der Waals surface area contributed by atoms with E-state index in [0.29, 0.717) is 6.42 Å². The lowest BCUT2D eigenvalue weighted by Crippen LogP contribution is -2.42. The van der Waals surface area contributed by atoms with Crippen molar-refractivity contribution in [2.24, 2.45) is 0 Å². The van der Waals surface area contributed by atoms with Crippen LogP contribution in [0.5, 0.6) is 0 Å². The molecule has 4 nitrogen and oxygen atoms in total. The van der Waals surface area contributed by atoms with Crippen molar-refractivity contribution < 1.29 is 14.4 Å². The maximum absolute atomic E-state index is 12.1. The van der Waals surface area contributed by atoms with Gasteiger partial charge in [0.2, 0.25) is 0 Å². The van der Waals surface area contributed by atoms with E-state index in [4.69, 9.17) is 0 Å². The van der Waals surface area contributed by atoms with Crippen LogP contribution in [-0.2, 0) is 14.4 Å². The Morgan fingerprint density at radius 3 is 1.58 bits per heavy atom. The van der Waals surface area contributed by atoms with Crippen molar-refractivity contribution in [3.63, 3.8) is 0 Å². The van der Waals surface area contributed by atoms with Crippen molar-refractivity contribution in [2.45, 2.75) is 110 Å². The number of ketones is 1. The maximum Gasteiger partial charge on any atom is 0.254 e. The van der Waals surface area contributed by atoms with Crippen LogP contribution in [0, 0.1) is 0 Å². The van der Waals surface area contributed by atoms with Crippen LogP contribution in [0.4, 0.5) is 0 Å². The fourth-order valence-electron chi connectivity index (χ4n) is 3.46. The third kappa shape index (κ3) is 8.77. The van der Waals surface area contributed by atoms with Crippen molar-refractivity contribution >= 4 is 17.6 Å². The van der Waals surface area contributed by atoms with E-state index < -0.39 is 6.04 Å². The Labute approximate surface area is 159 Å². The van der Waals surface area contributed by atoms with Crippen molar-refractivity contribution in [1.29, 1.82) is 0 Å². The summed E-state index contributed by atoms with van der Waals surface area (Å²) in [6.07, 6.45) is 19.5. The van der Waals surface area contributed by atoms with Crippen molar-refractivity contribution in [3.8, 4) is 0 Å². The second-order valence-corrected chi connectivity index (χ2v) is 7.51. The first-order valence-electron chi connectivity index (χ1n) is 10.7. The number of unbranched alkanes of at least 4 members (excludes halogenated alkanes) is 12. The van der Waals surface area contributed by atoms with Crippen LogP contribution in [0.1, 0.15) is 104 Å². The van der Waals surface area contributed by atoms with E-state index in [1.807, 2.05) is 0 Å². The number of Topliss-reactive ketones (excluding diaryl/α,β-unsaturated/α-hetero) is 1. The number of carbonyl (C=O) groups is 3. The highest BCUT2D eigenvalue weighted by atomic mass is 16.2. The summed E-state index contributed by atoms with van der Waals surface area (Å²) in [5, 5.41) is 0. The summed E-state index contributed by atoms with van der Waals surface area (Å²) in [5.41, 5.74) is 0. The predicted molar refractivity (Wildman–Crippen MR) is 106 cm³/mol. The highest BCUT2D eigenvalue weighted by Gasteiger charge is 2.31. The van der Waals surface area contributed by atoms with E-state index in [9.17, 15) is 14.4 Å². The van der Waals surface area contributed by atoms with E-state index in [0.717, 1.165) is 17.7 Å². The molecule has 0 fully saturated rings. The second-order valence-electron chi connectivity index (χ2n) is 7.51. The van der Waals surface area contributed by atoms with Crippen LogP contribution < -0.4 is 0 Å². The Bertz CT molecular complexity index is 452. The lowest BCUT2D eigenvalue weighted by atomic mass is 10.0. The normalized spacial score (nSPS) is 15.1. The Hall–Kier alpha value is -1.45. The van der Waals surface area contributed by atoms with Crippen LogP contribution in [0.15, 0.2) is 12.2 Å². The number of carbonyl (C=O) groups excluding carboxylic acids is 3. The molecule has 148 valence electrons. The number of imide groups is 1. The van der Waals surface area contributed by atoms with Gasteiger partial charge in [0.05, 0.1) is 6.04 Å². The molecule has 4 heteroatoms. The molecule has 1 unspecified atom stereocenters. The predicted octanol–water partition coefficient (Wildman–Crippen LogP) is 5.35. The molecule has 2 amide bonds. The van der Waals surface area contributed by atoms with Crippen LogP contribution in [0.25, 0.3) is 0 Å². The summed E-state index contributed by atoms with van der Waals surface area (Å²) in [6.45, 7) is 3.90. The zero-order valence-electron chi connectivity index (χ0n) is 16.8. The van der Waals surface area contributed by atoms with Gasteiger partial charge < -0.3 is 0 Å². The average Bonchev–Trinajstić information content (AvgIpc) is 2.96. The highest BCUT2D eigenvalue weighted by Crippen LogP contribution is 2.15. The van der Waals surface area contributed by atoms with Gasteiger partial charge in [-0.05, 0) is 13.3 Å². The summed E-state index contributed by atoms with van der Waals surface area (Å²) < 4.78 is 0. The molecule has 1 aliphatic heterocycles. The zero-order valence-corrected chi connectivity index (χ0v) is 16.8. The minimum atomic E-state index is -0.637. The second kappa shape index (κ2) is 13.7. The number of amides is 2. The molecule has 0 saturated carbocycles. The van der Waals surface area contributed by atoms with Gasteiger partial charge in [0.25, 0.3) is 11.8 Å². The molecule has 0 spiro atoms. The molecule has 1 aliphatic rings. The zero-order chi connectivity index (χ0) is 19.2. The maximum atomic E-state index is 12.1. The fraction of sp³-hybridized carbons (Fsp3) is 0.773. The van der Waals surface area contributed by atoms with Crippen LogP contribution in [0.2, 0.25) is 0 Å². The summed E-state index contributed by atoms with van der Waals surface area (Å²) in [5.74, 6) is -0.763. The number of rotatable bonds is 16. The molecule has 0 bridgehead atoms. The summed E-state index contributed by atoms with van der Waals surface area (Å²) in [4.78, 5) is 36.4. The Kier molecular flexibility index (Phi) is 11.9. The average molecular weight is 364 g/mol. The van der Waals surface area contributed by atoms with Crippen LogP contribution in [0.3, 0.4) is 0 Å². The third-order valence-corrected chi connectivity index (χ3v) is 5.22. The first kappa shape index (κ1) is 22.6. The van der Waals surface area contributed by atoms with Crippen LogP contribution >= 0.6 is 0 Å². The molecule has 0 aromatic carbocycles. The molecule has 0 N–H and O–H groups in total. The lowest BCUT2D eigenvalue weighted by Gasteiger charge is -2.21. The summed E-state index contributed by atoms with van der Waals surface area (Å²) in [6, 6.07) is -0.637. The molecular weight excluding hydrogens is 326 g/mol. The van der Waals surface area contributed by atoms with Gasteiger partial charge in [0.1, 0.15) is 0 Å². The number of nitrogens with zero attached hydrogens (tertiary/aromatic N) is 1. The van der Waals surface area contributed by atoms with Crippen molar-refractivity contribution in [3.05, 3.63) is 12.2 Å². The van der Waals surface area contributed by atoms with Crippen LogP contribution in [-0.4, -0.2) is 28.5 Å². The molecule has 0 saturated heterocycles. The molecule has 0 radical (unpaired) electrons. The van der Waals surface area contributed by atoms with E-state index in [-0.39, 0.29) is 17.6 Å². The molecule has 1 atom stereocenters. The minimum Gasteiger partial charge on any atom is -0.297 e. The van der Waals surface area contributed by atoms with Gasteiger partial charge in [0.15, 0.2) is 5.78 Å². The molecule has 0 aliphatic carbocycles. The van der Waals surface area contributed by atoms with E-state index >= 15 is 0 Å². The first-order valence-corrected chi connectivity index (χ1v) is 10.7. The third-order valence-electron chi connectivity index (χ3n) is 5.22. The molecule has 26 heavy (non-hydrogen) atoms. The molecule has 1 heterocycles. The van der Waals surface area contributed by atoms with Gasteiger partial charge in [-0.2, -0.15) is 0 Å². The number of hydrogen-bond acceptors (Lipinski definition) is 3. The largest absolute Gasteiger partial charge is 0.297 e. The minimum absolute atomic E-state index is 0.0153. The van der Waals surface area contributed by atoms with Gasteiger partial charge in [-0.25, -0.2) is 0 Å². The van der Waals surface area contributed by atoms with Crippen molar-refractivity contribution in [2.75, 3.05) is 0 Å². The topological polar surface area (TPSA) is 54.5 Å². The van der Waals surface area contributed by atoms with Gasteiger partial charge >= 0.3 is 0 Å². The monoisotopic (exact) mass is 363 g/mol. The standard InChI is InChI=1S/C22H37NO3/c1-3-4-5-6-7-8-9-10-11-12-13-14-15-16-20(24)19(2)23-21(25)17-18-22(23)26/h17-19H,3-16H2,1-2H3.